The molecule has 0 bridgehead atoms. The van der Waals surface area contributed by atoms with E-state index in [1.165, 1.54) is 18.4 Å². The molecule has 0 atom stereocenters. The highest BCUT2D eigenvalue weighted by Gasteiger charge is 2.13. The van der Waals surface area contributed by atoms with Gasteiger partial charge in [0.15, 0.2) is 0 Å². The number of pyridine rings is 1. The van der Waals surface area contributed by atoms with Crippen molar-refractivity contribution in [2.75, 3.05) is 23.3 Å². The summed E-state index contributed by atoms with van der Waals surface area (Å²) in [4.78, 5) is 18.7. The van der Waals surface area contributed by atoms with Gasteiger partial charge >= 0.3 is 0 Å². The fraction of sp³-hybridized carbons (Fsp3) is 0.263. The lowest BCUT2D eigenvalue weighted by Gasteiger charge is -2.16. The lowest BCUT2D eigenvalue weighted by Crippen LogP contribution is -2.18. The molecule has 1 saturated heterocycles. The molecule has 1 aliphatic heterocycles. The summed E-state index contributed by atoms with van der Waals surface area (Å²) >= 11 is 0. The van der Waals surface area contributed by atoms with Crippen LogP contribution in [-0.2, 0) is 4.79 Å². The predicted molar refractivity (Wildman–Crippen MR) is 94.5 cm³/mol. The van der Waals surface area contributed by atoms with Crippen LogP contribution in [0.2, 0.25) is 0 Å². The van der Waals surface area contributed by atoms with Crippen molar-refractivity contribution >= 4 is 23.5 Å². The zero-order chi connectivity index (χ0) is 16.1. The quantitative estimate of drug-likeness (QED) is 0.877. The third kappa shape index (κ3) is 4.19. The molecule has 0 aliphatic carbocycles. The maximum absolute atomic E-state index is 12.0. The molecule has 118 valence electrons. The van der Waals surface area contributed by atoms with Crippen LogP contribution in [0.3, 0.4) is 0 Å². The summed E-state index contributed by atoms with van der Waals surface area (Å²) in [6.07, 6.45) is 7.53. The van der Waals surface area contributed by atoms with Gasteiger partial charge in [0.25, 0.3) is 0 Å². The highest BCUT2D eigenvalue weighted by molar-refractivity contribution is 6.01. The standard InChI is InChI=1S/C19H21N3O/c1-15-5-4-6-16(13-15)7-10-19(23)21-17-8-9-18(20-14-17)22-11-2-3-12-22/h4-10,13-14H,2-3,11-12H2,1H3,(H,21,23)/b10-7+. The Bertz CT molecular complexity index is 701. The van der Waals surface area contributed by atoms with Crippen molar-refractivity contribution in [3.8, 4) is 0 Å². The van der Waals surface area contributed by atoms with Crippen LogP contribution >= 0.6 is 0 Å². The van der Waals surface area contributed by atoms with Gasteiger partial charge in [0, 0.05) is 19.2 Å². The lowest BCUT2D eigenvalue weighted by atomic mass is 10.1. The molecule has 0 unspecified atom stereocenters. The number of nitrogens with zero attached hydrogens (tertiary/aromatic N) is 2. The molecule has 4 nitrogen and oxygen atoms in total. The van der Waals surface area contributed by atoms with Gasteiger partial charge in [-0.2, -0.15) is 0 Å². The van der Waals surface area contributed by atoms with Gasteiger partial charge in [0.05, 0.1) is 11.9 Å². The fourth-order valence-electron chi connectivity index (χ4n) is 2.72. The van der Waals surface area contributed by atoms with Crippen LogP contribution in [0.1, 0.15) is 24.0 Å². The third-order valence-electron chi connectivity index (χ3n) is 3.91. The summed E-state index contributed by atoms with van der Waals surface area (Å²) in [5.74, 6) is 0.832. The monoisotopic (exact) mass is 307 g/mol. The van der Waals surface area contributed by atoms with E-state index < -0.39 is 0 Å². The molecule has 23 heavy (non-hydrogen) atoms. The van der Waals surface area contributed by atoms with E-state index >= 15 is 0 Å². The second-order valence-corrected chi connectivity index (χ2v) is 5.84. The number of carbonyl (C=O) groups excluding carboxylic acids is 1. The van der Waals surface area contributed by atoms with Crippen LogP contribution < -0.4 is 10.2 Å². The number of hydrogen-bond acceptors (Lipinski definition) is 3. The Kier molecular flexibility index (Phi) is 4.71. The first-order valence-electron chi connectivity index (χ1n) is 7.97. The number of benzene rings is 1. The third-order valence-corrected chi connectivity index (χ3v) is 3.91. The number of hydrogen-bond donors (Lipinski definition) is 1. The minimum absolute atomic E-state index is 0.151. The Hall–Kier alpha value is -2.62. The van der Waals surface area contributed by atoms with E-state index in [1.54, 1.807) is 12.3 Å². The predicted octanol–water partition coefficient (Wildman–Crippen LogP) is 3.64. The number of aromatic nitrogens is 1. The smallest absolute Gasteiger partial charge is 0.248 e. The van der Waals surface area contributed by atoms with Crippen molar-refractivity contribution in [3.05, 3.63) is 59.8 Å². The molecule has 2 heterocycles. The molecule has 4 heteroatoms. The van der Waals surface area contributed by atoms with Crippen molar-refractivity contribution in [3.63, 3.8) is 0 Å². The molecule has 2 aromatic rings. The SMILES string of the molecule is Cc1cccc(/C=C/C(=O)Nc2ccc(N3CCCC3)nc2)c1. The van der Waals surface area contributed by atoms with Crippen LogP contribution in [-0.4, -0.2) is 24.0 Å². The van der Waals surface area contributed by atoms with E-state index in [0.717, 1.165) is 24.5 Å². The van der Waals surface area contributed by atoms with Crippen LogP contribution in [0.4, 0.5) is 11.5 Å². The maximum Gasteiger partial charge on any atom is 0.248 e. The normalized spacial score (nSPS) is 14.4. The molecule has 1 N–H and O–H groups in total. The molecular weight excluding hydrogens is 286 g/mol. The van der Waals surface area contributed by atoms with Gasteiger partial charge in [-0.3, -0.25) is 4.79 Å². The van der Waals surface area contributed by atoms with Gasteiger partial charge in [-0.25, -0.2) is 4.98 Å². The van der Waals surface area contributed by atoms with Gasteiger partial charge in [0.1, 0.15) is 5.82 Å². The van der Waals surface area contributed by atoms with E-state index in [4.69, 9.17) is 0 Å². The van der Waals surface area contributed by atoms with Crippen LogP contribution in [0.15, 0.2) is 48.7 Å². The molecule has 1 aliphatic rings. The Balaban J connectivity index is 1.59. The van der Waals surface area contributed by atoms with E-state index in [1.807, 2.05) is 49.4 Å². The number of nitrogens with one attached hydrogen (secondary N) is 1. The molecule has 0 spiro atoms. The maximum atomic E-state index is 12.0. The van der Waals surface area contributed by atoms with E-state index in [-0.39, 0.29) is 5.91 Å². The molecular formula is C19H21N3O. The summed E-state index contributed by atoms with van der Waals surface area (Å²) in [6.45, 7) is 4.17. The van der Waals surface area contributed by atoms with E-state index in [2.05, 4.69) is 15.2 Å². The summed E-state index contributed by atoms with van der Waals surface area (Å²) in [6, 6.07) is 11.9. The van der Waals surface area contributed by atoms with Gasteiger partial charge in [-0.15, -0.1) is 0 Å². The number of amides is 1. The van der Waals surface area contributed by atoms with E-state index in [0.29, 0.717) is 5.69 Å². The van der Waals surface area contributed by atoms with Crippen molar-refractivity contribution in [2.24, 2.45) is 0 Å². The minimum atomic E-state index is -0.151. The summed E-state index contributed by atoms with van der Waals surface area (Å²) < 4.78 is 0. The highest BCUT2D eigenvalue weighted by atomic mass is 16.1. The molecule has 1 aromatic carbocycles. The van der Waals surface area contributed by atoms with Crippen LogP contribution in [0.5, 0.6) is 0 Å². The first kappa shape index (κ1) is 15.3. The zero-order valence-corrected chi connectivity index (χ0v) is 13.3. The minimum Gasteiger partial charge on any atom is -0.357 e. The van der Waals surface area contributed by atoms with Crippen LogP contribution in [0, 0.1) is 6.92 Å². The zero-order valence-electron chi connectivity index (χ0n) is 13.3. The van der Waals surface area contributed by atoms with Gasteiger partial charge in [-0.05, 0) is 43.5 Å². The molecule has 1 amide bonds. The topological polar surface area (TPSA) is 45.2 Å². The first-order valence-corrected chi connectivity index (χ1v) is 7.97. The molecule has 1 aromatic heterocycles. The van der Waals surface area contributed by atoms with Gasteiger partial charge < -0.3 is 10.2 Å². The Labute approximate surface area is 136 Å². The number of rotatable bonds is 4. The summed E-state index contributed by atoms with van der Waals surface area (Å²) in [7, 11) is 0. The average Bonchev–Trinajstić information content (AvgIpc) is 3.08. The number of aryl methyl sites for hydroxylation is 1. The lowest BCUT2D eigenvalue weighted by molar-refractivity contribution is -0.111. The Morgan fingerprint density at radius 1 is 1.22 bits per heavy atom. The van der Waals surface area contributed by atoms with Gasteiger partial charge in [0.2, 0.25) is 5.91 Å². The summed E-state index contributed by atoms with van der Waals surface area (Å²) in [5.41, 5.74) is 2.91. The fourth-order valence-corrected chi connectivity index (χ4v) is 2.72. The van der Waals surface area contributed by atoms with E-state index in [9.17, 15) is 4.79 Å². The second-order valence-electron chi connectivity index (χ2n) is 5.84. The highest BCUT2D eigenvalue weighted by Crippen LogP contribution is 2.19. The van der Waals surface area contributed by atoms with Crippen molar-refractivity contribution < 1.29 is 4.79 Å². The summed E-state index contributed by atoms with van der Waals surface area (Å²) in [5, 5.41) is 2.84. The Morgan fingerprint density at radius 3 is 2.74 bits per heavy atom. The number of anilines is 2. The molecule has 3 rings (SSSR count). The average molecular weight is 307 g/mol. The molecule has 0 saturated carbocycles. The van der Waals surface area contributed by atoms with Crippen molar-refractivity contribution in [1.82, 2.24) is 4.98 Å². The second kappa shape index (κ2) is 7.09. The van der Waals surface area contributed by atoms with Crippen molar-refractivity contribution in [2.45, 2.75) is 19.8 Å². The molecule has 0 radical (unpaired) electrons. The largest absolute Gasteiger partial charge is 0.357 e. The van der Waals surface area contributed by atoms with Crippen molar-refractivity contribution in [1.29, 1.82) is 0 Å². The van der Waals surface area contributed by atoms with Gasteiger partial charge in [-0.1, -0.05) is 29.8 Å². The van der Waals surface area contributed by atoms with Crippen LogP contribution in [0.25, 0.3) is 6.08 Å². The Morgan fingerprint density at radius 2 is 2.04 bits per heavy atom. The molecule has 1 fully saturated rings. The number of carbonyl (C=O) groups is 1. The first-order chi connectivity index (χ1) is 11.2.